The molecule has 0 saturated heterocycles. The minimum Gasteiger partial charge on any atom is -0.391 e. The predicted octanol–water partition coefficient (Wildman–Crippen LogP) is 1.18. The maximum Gasteiger partial charge on any atom is 0.0750 e. The number of nitrogens with zero attached hydrogens (tertiary/aromatic N) is 3. The van der Waals surface area contributed by atoms with E-state index in [0.717, 1.165) is 18.5 Å². The van der Waals surface area contributed by atoms with Gasteiger partial charge < -0.3 is 10.0 Å². The summed E-state index contributed by atoms with van der Waals surface area (Å²) in [5.41, 5.74) is 1.02. The maximum atomic E-state index is 9.70. The Morgan fingerprint density at radius 2 is 2.47 bits per heavy atom. The molecular formula is C11H19N3O. The molecular weight excluding hydrogens is 190 g/mol. The number of aliphatic hydroxyl groups excluding tert-OH is 1. The van der Waals surface area contributed by atoms with E-state index in [0.29, 0.717) is 6.54 Å². The van der Waals surface area contributed by atoms with Crippen LogP contribution in [0.25, 0.3) is 0 Å². The summed E-state index contributed by atoms with van der Waals surface area (Å²) in [5, 5.41) is 13.8. The zero-order valence-corrected chi connectivity index (χ0v) is 9.43. The SMILES string of the molecule is C=CCCC(O)CN(C)c1cnn(C)c1. The molecule has 0 fully saturated rings. The number of aliphatic hydroxyl groups is 1. The first-order chi connectivity index (χ1) is 7.13. The molecule has 0 spiro atoms. The summed E-state index contributed by atoms with van der Waals surface area (Å²) >= 11 is 0. The van der Waals surface area contributed by atoms with Crippen molar-refractivity contribution in [3.63, 3.8) is 0 Å². The van der Waals surface area contributed by atoms with Gasteiger partial charge in [-0.25, -0.2) is 0 Å². The first kappa shape index (κ1) is 11.8. The van der Waals surface area contributed by atoms with Gasteiger partial charge in [-0.05, 0) is 12.8 Å². The summed E-state index contributed by atoms with van der Waals surface area (Å²) in [6.45, 7) is 4.26. The molecule has 0 amide bonds. The lowest BCUT2D eigenvalue weighted by Gasteiger charge is -2.20. The van der Waals surface area contributed by atoms with Gasteiger partial charge in [-0.2, -0.15) is 5.10 Å². The zero-order chi connectivity index (χ0) is 11.3. The maximum absolute atomic E-state index is 9.70. The Balaban J connectivity index is 2.41. The van der Waals surface area contributed by atoms with Gasteiger partial charge in [-0.3, -0.25) is 4.68 Å². The number of aromatic nitrogens is 2. The van der Waals surface area contributed by atoms with Crippen LogP contribution in [0.5, 0.6) is 0 Å². The Hall–Kier alpha value is -1.29. The average molecular weight is 209 g/mol. The van der Waals surface area contributed by atoms with Crippen LogP contribution in [-0.2, 0) is 7.05 Å². The lowest BCUT2D eigenvalue weighted by molar-refractivity contribution is 0.172. The fourth-order valence-electron chi connectivity index (χ4n) is 1.43. The lowest BCUT2D eigenvalue weighted by atomic mass is 10.2. The number of hydrogen-bond acceptors (Lipinski definition) is 3. The van der Waals surface area contributed by atoms with E-state index >= 15 is 0 Å². The second kappa shape index (κ2) is 5.56. The summed E-state index contributed by atoms with van der Waals surface area (Å²) in [7, 11) is 3.83. The molecule has 0 aliphatic carbocycles. The number of rotatable bonds is 6. The van der Waals surface area contributed by atoms with E-state index in [4.69, 9.17) is 0 Å². The molecule has 0 aliphatic rings. The van der Waals surface area contributed by atoms with Gasteiger partial charge in [0.2, 0.25) is 0 Å². The van der Waals surface area contributed by atoms with E-state index in [1.807, 2.05) is 31.3 Å². The predicted molar refractivity (Wildman–Crippen MR) is 61.9 cm³/mol. The Bertz CT molecular complexity index is 309. The van der Waals surface area contributed by atoms with Crippen LogP contribution in [-0.4, -0.2) is 34.6 Å². The Morgan fingerprint density at radius 3 is 3.00 bits per heavy atom. The Labute approximate surface area is 90.8 Å². The van der Waals surface area contributed by atoms with Crippen molar-refractivity contribution in [3.8, 4) is 0 Å². The third-order valence-electron chi connectivity index (χ3n) is 2.32. The fraction of sp³-hybridized carbons (Fsp3) is 0.545. The minimum absolute atomic E-state index is 0.312. The van der Waals surface area contributed by atoms with E-state index in [1.54, 1.807) is 10.9 Å². The summed E-state index contributed by atoms with van der Waals surface area (Å²) < 4.78 is 1.75. The summed E-state index contributed by atoms with van der Waals surface area (Å²) in [5.74, 6) is 0. The molecule has 1 rings (SSSR count). The highest BCUT2D eigenvalue weighted by Crippen LogP contribution is 2.11. The third kappa shape index (κ3) is 3.75. The summed E-state index contributed by atoms with van der Waals surface area (Å²) in [6.07, 6.45) is 6.84. The number of anilines is 1. The zero-order valence-electron chi connectivity index (χ0n) is 9.43. The first-order valence-electron chi connectivity index (χ1n) is 5.12. The molecule has 84 valence electrons. The number of aryl methyl sites for hydroxylation is 1. The van der Waals surface area contributed by atoms with Crippen LogP contribution in [0.4, 0.5) is 5.69 Å². The van der Waals surface area contributed by atoms with Crippen molar-refractivity contribution >= 4 is 5.69 Å². The molecule has 1 atom stereocenters. The van der Waals surface area contributed by atoms with Gasteiger partial charge in [0.1, 0.15) is 0 Å². The molecule has 1 aromatic rings. The summed E-state index contributed by atoms with van der Waals surface area (Å²) in [6, 6.07) is 0. The van der Waals surface area contributed by atoms with Crippen LogP contribution < -0.4 is 4.90 Å². The van der Waals surface area contributed by atoms with E-state index in [1.165, 1.54) is 0 Å². The molecule has 1 N–H and O–H groups in total. The minimum atomic E-state index is -0.312. The molecule has 0 aliphatic heterocycles. The third-order valence-corrected chi connectivity index (χ3v) is 2.32. The van der Waals surface area contributed by atoms with Gasteiger partial charge in [-0.1, -0.05) is 6.08 Å². The van der Waals surface area contributed by atoms with Gasteiger partial charge in [0, 0.05) is 26.8 Å². The molecule has 1 unspecified atom stereocenters. The molecule has 1 heterocycles. The normalized spacial score (nSPS) is 12.5. The molecule has 0 bridgehead atoms. The van der Waals surface area contributed by atoms with Crippen molar-refractivity contribution < 1.29 is 5.11 Å². The van der Waals surface area contributed by atoms with Gasteiger partial charge in [0.25, 0.3) is 0 Å². The molecule has 0 aromatic carbocycles. The van der Waals surface area contributed by atoms with Gasteiger partial charge >= 0.3 is 0 Å². The van der Waals surface area contributed by atoms with Gasteiger partial charge in [0.05, 0.1) is 18.0 Å². The summed E-state index contributed by atoms with van der Waals surface area (Å²) in [4.78, 5) is 2.00. The largest absolute Gasteiger partial charge is 0.391 e. The highest BCUT2D eigenvalue weighted by Gasteiger charge is 2.09. The van der Waals surface area contributed by atoms with E-state index in [-0.39, 0.29) is 6.10 Å². The second-order valence-corrected chi connectivity index (χ2v) is 3.77. The van der Waals surface area contributed by atoms with Crippen molar-refractivity contribution in [2.75, 3.05) is 18.5 Å². The van der Waals surface area contributed by atoms with Crippen molar-refractivity contribution in [2.45, 2.75) is 18.9 Å². The van der Waals surface area contributed by atoms with E-state index in [2.05, 4.69) is 11.7 Å². The monoisotopic (exact) mass is 209 g/mol. The standard InChI is InChI=1S/C11H19N3O/c1-4-5-6-11(15)9-13(2)10-7-12-14(3)8-10/h4,7-8,11,15H,1,5-6,9H2,2-3H3. The topological polar surface area (TPSA) is 41.3 Å². The van der Waals surface area contributed by atoms with Gasteiger partial charge in [0.15, 0.2) is 0 Å². The van der Waals surface area contributed by atoms with Crippen molar-refractivity contribution in [1.82, 2.24) is 9.78 Å². The first-order valence-corrected chi connectivity index (χ1v) is 5.12. The van der Waals surface area contributed by atoms with E-state index in [9.17, 15) is 5.11 Å². The number of likely N-dealkylation sites (N-methyl/N-ethyl adjacent to an activating group) is 1. The molecule has 15 heavy (non-hydrogen) atoms. The quantitative estimate of drug-likeness (QED) is 0.715. The van der Waals surface area contributed by atoms with Crippen LogP contribution in [0.15, 0.2) is 25.0 Å². The molecule has 4 heteroatoms. The van der Waals surface area contributed by atoms with Gasteiger partial charge in [-0.15, -0.1) is 6.58 Å². The molecule has 0 saturated carbocycles. The van der Waals surface area contributed by atoms with E-state index < -0.39 is 0 Å². The van der Waals surface area contributed by atoms with Crippen LogP contribution >= 0.6 is 0 Å². The second-order valence-electron chi connectivity index (χ2n) is 3.77. The van der Waals surface area contributed by atoms with Crippen LogP contribution in [0.3, 0.4) is 0 Å². The van der Waals surface area contributed by atoms with Crippen molar-refractivity contribution in [2.24, 2.45) is 7.05 Å². The molecule has 0 radical (unpaired) electrons. The van der Waals surface area contributed by atoms with Crippen LogP contribution in [0, 0.1) is 0 Å². The number of allylic oxidation sites excluding steroid dienone is 1. The lowest BCUT2D eigenvalue weighted by Crippen LogP contribution is -2.28. The number of hydrogen-bond donors (Lipinski definition) is 1. The highest BCUT2D eigenvalue weighted by molar-refractivity contribution is 5.41. The van der Waals surface area contributed by atoms with Crippen molar-refractivity contribution in [3.05, 3.63) is 25.0 Å². The Morgan fingerprint density at radius 1 is 1.73 bits per heavy atom. The van der Waals surface area contributed by atoms with Crippen LogP contribution in [0.2, 0.25) is 0 Å². The molecule has 4 nitrogen and oxygen atoms in total. The highest BCUT2D eigenvalue weighted by atomic mass is 16.3. The van der Waals surface area contributed by atoms with Crippen LogP contribution in [0.1, 0.15) is 12.8 Å². The fourth-order valence-corrected chi connectivity index (χ4v) is 1.43. The molecule has 1 aromatic heterocycles. The smallest absolute Gasteiger partial charge is 0.0750 e. The van der Waals surface area contributed by atoms with Crippen molar-refractivity contribution in [1.29, 1.82) is 0 Å². The Kier molecular flexibility index (Phi) is 4.37. The average Bonchev–Trinajstić information content (AvgIpc) is 2.61.